The maximum atomic E-state index is 13.2. The second kappa shape index (κ2) is 4.56. The summed E-state index contributed by atoms with van der Waals surface area (Å²) in [5.41, 5.74) is -0.219. The van der Waals surface area contributed by atoms with Gasteiger partial charge in [0.25, 0.3) is 5.91 Å². The number of halogens is 1. The predicted octanol–water partition coefficient (Wildman–Crippen LogP) is 1.16. The van der Waals surface area contributed by atoms with Gasteiger partial charge in [0.1, 0.15) is 0 Å². The van der Waals surface area contributed by atoms with Crippen molar-refractivity contribution >= 4 is 11.6 Å². The Labute approximate surface area is 95.3 Å². The van der Waals surface area contributed by atoms with Gasteiger partial charge in [0.05, 0.1) is 11.9 Å². The van der Waals surface area contributed by atoms with Gasteiger partial charge in [0.2, 0.25) is 5.56 Å². The number of pyridine rings is 2. The summed E-state index contributed by atoms with van der Waals surface area (Å²) in [5, 5.41) is 2.35. The van der Waals surface area contributed by atoms with Gasteiger partial charge in [-0.1, -0.05) is 0 Å². The summed E-state index contributed by atoms with van der Waals surface area (Å²) in [4.78, 5) is 28.6. The average molecular weight is 233 g/mol. The molecule has 0 saturated carbocycles. The lowest BCUT2D eigenvalue weighted by atomic mass is 10.2. The van der Waals surface area contributed by atoms with Crippen molar-refractivity contribution < 1.29 is 9.18 Å². The fourth-order valence-corrected chi connectivity index (χ4v) is 1.26. The van der Waals surface area contributed by atoms with E-state index in [2.05, 4.69) is 15.3 Å². The van der Waals surface area contributed by atoms with Crippen LogP contribution in [-0.4, -0.2) is 15.9 Å². The average Bonchev–Trinajstić information content (AvgIpc) is 2.32. The van der Waals surface area contributed by atoms with Crippen LogP contribution in [-0.2, 0) is 0 Å². The minimum atomic E-state index is -0.634. The van der Waals surface area contributed by atoms with Gasteiger partial charge in [-0.2, -0.15) is 0 Å². The molecule has 1 amide bonds. The van der Waals surface area contributed by atoms with E-state index in [0.29, 0.717) is 0 Å². The highest BCUT2D eigenvalue weighted by Crippen LogP contribution is 2.11. The van der Waals surface area contributed by atoms with Gasteiger partial charge in [-0.05, 0) is 12.1 Å². The van der Waals surface area contributed by atoms with Crippen LogP contribution in [0.25, 0.3) is 0 Å². The third-order valence-electron chi connectivity index (χ3n) is 2.06. The minimum Gasteiger partial charge on any atom is -0.329 e. The molecule has 0 fully saturated rings. The highest BCUT2D eigenvalue weighted by molar-refractivity contribution is 6.04. The first-order chi connectivity index (χ1) is 8.16. The highest BCUT2D eigenvalue weighted by Gasteiger charge is 2.09. The molecule has 0 saturated heterocycles. The van der Waals surface area contributed by atoms with Crippen molar-refractivity contribution in [3.05, 3.63) is 58.5 Å². The van der Waals surface area contributed by atoms with E-state index >= 15 is 0 Å². The largest absolute Gasteiger partial charge is 0.329 e. The van der Waals surface area contributed by atoms with Crippen molar-refractivity contribution in [2.75, 3.05) is 5.32 Å². The van der Waals surface area contributed by atoms with E-state index in [-0.39, 0.29) is 11.3 Å². The SMILES string of the molecule is O=C(Nc1ccncc1F)c1cc[nH]c(=O)c1. The van der Waals surface area contributed by atoms with E-state index in [1.54, 1.807) is 0 Å². The van der Waals surface area contributed by atoms with Crippen LogP contribution in [0, 0.1) is 5.82 Å². The first kappa shape index (κ1) is 11.0. The van der Waals surface area contributed by atoms with Gasteiger partial charge >= 0.3 is 0 Å². The Kier molecular flexibility index (Phi) is 2.95. The van der Waals surface area contributed by atoms with Crippen LogP contribution < -0.4 is 10.9 Å². The molecule has 17 heavy (non-hydrogen) atoms. The summed E-state index contributed by atoms with van der Waals surface area (Å²) >= 11 is 0. The van der Waals surface area contributed by atoms with Crippen LogP contribution in [0.1, 0.15) is 10.4 Å². The Morgan fingerprint density at radius 2 is 2.24 bits per heavy atom. The van der Waals surface area contributed by atoms with Crippen LogP contribution in [0.3, 0.4) is 0 Å². The van der Waals surface area contributed by atoms with Crippen molar-refractivity contribution in [2.24, 2.45) is 0 Å². The van der Waals surface area contributed by atoms with Crippen LogP contribution in [0.15, 0.2) is 41.6 Å². The van der Waals surface area contributed by atoms with E-state index in [1.165, 1.54) is 24.5 Å². The zero-order chi connectivity index (χ0) is 12.3. The lowest BCUT2D eigenvalue weighted by molar-refractivity contribution is 0.102. The lowest BCUT2D eigenvalue weighted by Gasteiger charge is -2.04. The summed E-state index contributed by atoms with van der Waals surface area (Å²) in [5.74, 6) is -1.19. The number of carbonyl (C=O) groups is 1. The topological polar surface area (TPSA) is 74.8 Å². The molecule has 2 aromatic heterocycles. The molecular formula is C11H8FN3O2. The van der Waals surface area contributed by atoms with Gasteiger partial charge < -0.3 is 10.3 Å². The number of nitrogens with one attached hydrogen (secondary N) is 2. The summed E-state index contributed by atoms with van der Waals surface area (Å²) < 4.78 is 13.2. The lowest BCUT2D eigenvalue weighted by Crippen LogP contribution is -2.16. The second-order valence-electron chi connectivity index (χ2n) is 3.25. The Bertz CT molecular complexity index is 609. The first-order valence-electron chi connectivity index (χ1n) is 4.76. The number of rotatable bonds is 2. The fourth-order valence-electron chi connectivity index (χ4n) is 1.26. The smallest absolute Gasteiger partial charge is 0.255 e. The van der Waals surface area contributed by atoms with Gasteiger partial charge in [-0.25, -0.2) is 4.39 Å². The molecule has 0 bridgehead atoms. The molecule has 5 nitrogen and oxygen atoms in total. The fraction of sp³-hybridized carbons (Fsp3) is 0. The number of aromatic amines is 1. The van der Waals surface area contributed by atoms with E-state index in [0.717, 1.165) is 12.3 Å². The maximum Gasteiger partial charge on any atom is 0.255 e. The summed E-state index contributed by atoms with van der Waals surface area (Å²) in [6, 6.07) is 3.89. The Morgan fingerprint density at radius 3 is 2.94 bits per heavy atom. The molecule has 2 rings (SSSR count). The molecule has 86 valence electrons. The third kappa shape index (κ3) is 2.54. The Balaban J connectivity index is 2.23. The summed E-state index contributed by atoms with van der Waals surface area (Å²) in [6.45, 7) is 0. The maximum absolute atomic E-state index is 13.2. The normalized spacial score (nSPS) is 9.94. The number of nitrogens with zero attached hydrogens (tertiary/aromatic N) is 1. The van der Waals surface area contributed by atoms with E-state index < -0.39 is 17.3 Å². The van der Waals surface area contributed by atoms with Crippen LogP contribution in [0.2, 0.25) is 0 Å². The van der Waals surface area contributed by atoms with Gasteiger partial charge in [-0.3, -0.25) is 14.6 Å². The van der Waals surface area contributed by atoms with Crippen molar-refractivity contribution in [3.8, 4) is 0 Å². The molecule has 2 heterocycles. The molecule has 6 heteroatoms. The zero-order valence-corrected chi connectivity index (χ0v) is 8.61. The van der Waals surface area contributed by atoms with Crippen molar-refractivity contribution in [3.63, 3.8) is 0 Å². The van der Waals surface area contributed by atoms with Gasteiger partial charge in [0, 0.05) is 24.0 Å². The monoisotopic (exact) mass is 233 g/mol. The molecule has 0 aliphatic carbocycles. The van der Waals surface area contributed by atoms with Crippen molar-refractivity contribution in [1.82, 2.24) is 9.97 Å². The molecule has 0 spiro atoms. The predicted molar refractivity (Wildman–Crippen MR) is 59.2 cm³/mol. The molecule has 0 unspecified atom stereocenters. The first-order valence-corrected chi connectivity index (χ1v) is 4.76. The third-order valence-corrected chi connectivity index (χ3v) is 2.06. The summed E-state index contributed by atoms with van der Waals surface area (Å²) in [6.07, 6.45) is 3.70. The Hall–Kier alpha value is -2.50. The molecule has 2 aromatic rings. The molecule has 0 aliphatic heterocycles. The standard InChI is InChI=1S/C11H8FN3O2/c12-8-6-13-3-2-9(8)15-11(17)7-1-4-14-10(16)5-7/h1-6H,(H,14,16)(H,13,15,17). The zero-order valence-electron chi connectivity index (χ0n) is 8.61. The van der Waals surface area contributed by atoms with E-state index in [9.17, 15) is 14.0 Å². The molecule has 0 aromatic carbocycles. The van der Waals surface area contributed by atoms with Crippen LogP contribution >= 0.6 is 0 Å². The van der Waals surface area contributed by atoms with Crippen LogP contribution in [0.4, 0.5) is 10.1 Å². The second-order valence-corrected chi connectivity index (χ2v) is 3.25. The van der Waals surface area contributed by atoms with E-state index in [1.807, 2.05) is 0 Å². The van der Waals surface area contributed by atoms with Crippen molar-refractivity contribution in [1.29, 1.82) is 0 Å². The number of anilines is 1. The Morgan fingerprint density at radius 1 is 1.41 bits per heavy atom. The summed E-state index contributed by atoms with van der Waals surface area (Å²) in [7, 11) is 0. The van der Waals surface area contributed by atoms with Crippen molar-refractivity contribution in [2.45, 2.75) is 0 Å². The number of H-pyrrole nitrogens is 1. The van der Waals surface area contributed by atoms with Crippen LogP contribution in [0.5, 0.6) is 0 Å². The number of hydrogen-bond acceptors (Lipinski definition) is 3. The number of carbonyl (C=O) groups excluding carboxylic acids is 1. The van der Waals surface area contributed by atoms with E-state index in [4.69, 9.17) is 0 Å². The molecular weight excluding hydrogens is 225 g/mol. The molecule has 2 N–H and O–H groups in total. The quantitative estimate of drug-likeness (QED) is 0.817. The minimum absolute atomic E-state index is 0.0188. The van der Waals surface area contributed by atoms with Gasteiger partial charge in [-0.15, -0.1) is 0 Å². The molecule has 0 aliphatic rings. The number of hydrogen-bond donors (Lipinski definition) is 2. The molecule has 0 atom stereocenters. The number of amides is 1. The highest BCUT2D eigenvalue weighted by atomic mass is 19.1. The van der Waals surface area contributed by atoms with Gasteiger partial charge in [0.15, 0.2) is 5.82 Å². The molecule has 0 radical (unpaired) electrons. The number of aromatic nitrogens is 2.